The third kappa shape index (κ3) is 2.63. The van der Waals surface area contributed by atoms with E-state index in [1.54, 1.807) is 4.57 Å². The topological polar surface area (TPSA) is 126 Å². The van der Waals surface area contributed by atoms with Crippen LogP contribution in [0.1, 0.15) is 17.7 Å². The van der Waals surface area contributed by atoms with Crippen LogP contribution in [0.15, 0.2) is 35.4 Å². The molecule has 4 heterocycles. The van der Waals surface area contributed by atoms with Crippen molar-refractivity contribution < 1.29 is 4.79 Å². The molecule has 0 unspecified atom stereocenters. The minimum Gasteiger partial charge on any atom is -0.369 e. The number of fused-ring (bicyclic) bond motifs is 4. The average Bonchev–Trinajstić information content (AvgIpc) is 3.26. The number of benzene rings is 1. The monoisotopic (exact) mass is 377 g/mol. The zero-order valence-electron chi connectivity index (χ0n) is 15.1. The van der Waals surface area contributed by atoms with Gasteiger partial charge in [-0.2, -0.15) is 4.98 Å². The van der Waals surface area contributed by atoms with E-state index in [0.717, 1.165) is 17.6 Å². The average molecular weight is 377 g/mol. The highest BCUT2D eigenvalue weighted by Gasteiger charge is 2.23. The molecule has 0 bridgehead atoms. The van der Waals surface area contributed by atoms with Gasteiger partial charge in [0.2, 0.25) is 11.9 Å². The molecule has 4 aromatic rings. The Labute approximate surface area is 159 Å². The van der Waals surface area contributed by atoms with Crippen molar-refractivity contribution in [3.05, 3.63) is 52.2 Å². The highest BCUT2D eigenvalue weighted by atomic mass is 16.2. The molecule has 0 saturated carbocycles. The molecule has 142 valence electrons. The molecule has 1 amide bonds. The summed E-state index contributed by atoms with van der Waals surface area (Å²) in [4.78, 5) is 40.5. The van der Waals surface area contributed by atoms with E-state index in [-0.39, 0.29) is 22.9 Å². The van der Waals surface area contributed by atoms with Crippen LogP contribution < -0.4 is 11.3 Å². The predicted molar refractivity (Wildman–Crippen MR) is 105 cm³/mol. The van der Waals surface area contributed by atoms with Crippen LogP contribution in [-0.4, -0.2) is 41.9 Å². The highest BCUT2D eigenvalue weighted by Crippen LogP contribution is 2.27. The summed E-state index contributed by atoms with van der Waals surface area (Å²) >= 11 is 0. The molecular weight excluding hydrogens is 358 g/mol. The summed E-state index contributed by atoms with van der Waals surface area (Å²) in [5.74, 6) is 0.0944. The highest BCUT2D eigenvalue weighted by molar-refractivity contribution is 5.85. The second kappa shape index (κ2) is 6.22. The number of nitrogen functional groups attached to an aromatic ring is 1. The van der Waals surface area contributed by atoms with Gasteiger partial charge >= 0.3 is 0 Å². The molecular formula is C19H19N7O2. The van der Waals surface area contributed by atoms with E-state index >= 15 is 0 Å². The quantitative estimate of drug-likeness (QED) is 0.494. The van der Waals surface area contributed by atoms with Crippen LogP contribution in [-0.2, 0) is 24.3 Å². The van der Waals surface area contributed by atoms with E-state index < -0.39 is 0 Å². The van der Waals surface area contributed by atoms with E-state index in [1.165, 1.54) is 17.3 Å². The minimum atomic E-state index is -0.380. The number of carbonyl (C=O) groups is 1. The van der Waals surface area contributed by atoms with Gasteiger partial charge < -0.3 is 20.2 Å². The molecule has 0 atom stereocenters. The van der Waals surface area contributed by atoms with Crippen LogP contribution in [0.25, 0.3) is 22.1 Å². The fourth-order valence-electron chi connectivity index (χ4n) is 3.91. The molecule has 5 rings (SSSR count). The van der Waals surface area contributed by atoms with Crippen molar-refractivity contribution in [1.82, 2.24) is 29.4 Å². The Bertz CT molecular complexity index is 1270. The lowest BCUT2D eigenvalue weighted by atomic mass is 10.0. The largest absolute Gasteiger partial charge is 0.369 e. The smallest absolute Gasteiger partial charge is 0.280 e. The van der Waals surface area contributed by atoms with E-state index in [1.807, 2.05) is 17.0 Å². The number of nitrogens with zero attached hydrogens (tertiary/aromatic N) is 4. The second-order valence-electron chi connectivity index (χ2n) is 7.00. The molecule has 9 heteroatoms. The molecule has 0 spiro atoms. The number of H-pyrrole nitrogens is 2. The van der Waals surface area contributed by atoms with E-state index in [4.69, 9.17) is 5.73 Å². The van der Waals surface area contributed by atoms with Gasteiger partial charge in [0, 0.05) is 36.1 Å². The summed E-state index contributed by atoms with van der Waals surface area (Å²) < 4.78 is 1.69. The first kappa shape index (κ1) is 16.5. The number of carbonyl (C=O) groups excluding carboxylic acids is 1. The zero-order valence-corrected chi connectivity index (χ0v) is 15.1. The van der Waals surface area contributed by atoms with Crippen molar-refractivity contribution in [2.45, 2.75) is 25.9 Å². The predicted octanol–water partition coefficient (Wildman–Crippen LogP) is 1.16. The lowest BCUT2D eigenvalue weighted by Crippen LogP contribution is -2.36. The number of aromatic amines is 2. The minimum absolute atomic E-state index is 0.0351. The molecule has 0 fully saturated rings. The van der Waals surface area contributed by atoms with E-state index in [9.17, 15) is 9.59 Å². The van der Waals surface area contributed by atoms with Crippen LogP contribution in [0.3, 0.4) is 0 Å². The number of aromatic nitrogens is 5. The Morgan fingerprint density at radius 3 is 3.00 bits per heavy atom. The number of para-hydroxylation sites is 1. The molecule has 1 aliphatic rings. The second-order valence-corrected chi connectivity index (χ2v) is 7.00. The van der Waals surface area contributed by atoms with Crippen LogP contribution in [0.2, 0.25) is 0 Å². The summed E-state index contributed by atoms with van der Waals surface area (Å²) in [6, 6.07) is 8.22. The number of anilines is 1. The Morgan fingerprint density at radius 2 is 2.11 bits per heavy atom. The van der Waals surface area contributed by atoms with Gasteiger partial charge in [0.15, 0.2) is 11.2 Å². The van der Waals surface area contributed by atoms with Crippen molar-refractivity contribution in [1.29, 1.82) is 0 Å². The maximum Gasteiger partial charge on any atom is 0.280 e. The number of hydrogen-bond donors (Lipinski definition) is 3. The summed E-state index contributed by atoms with van der Waals surface area (Å²) in [5.41, 5.74) is 9.38. The number of amides is 1. The Kier molecular flexibility index (Phi) is 3.68. The summed E-state index contributed by atoms with van der Waals surface area (Å²) in [7, 11) is 0. The molecule has 0 saturated heterocycles. The molecule has 1 aliphatic heterocycles. The van der Waals surface area contributed by atoms with Crippen molar-refractivity contribution >= 4 is 33.9 Å². The number of aryl methyl sites for hydroxylation is 1. The number of nitrogens with one attached hydrogen (secondary N) is 2. The van der Waals surface area contributed by atoms with Gasteiger partial charge in [0.05, 0.1) is 12.9 Å². The van der Waals surface area contributed by atoms with Crippen LogP contribution >= 0.6 is 0 Å². The van der Waals surface area contributed by atoms with Crippen molar-refractivity contribution in [3.8, 4) is 0 Å². The molecule has 9 nitrogen and oxygen atoms in total. The van der Waals surface area contributed by atoms with Crippen molar-refractivity contribution in [2.24, 2.45) is 0 Å². The maximum absolute atomic E-state index is 12.8. The summed E-state index contributed by atoms with van der Waals surface area (Å²) in [6.07, 6.45) is 2.66. The van der Waals surface area contributed by atoms with Gasteiger partial charge in [-0.3, -0.25) is 14.6 Å². The number of imidazole rings is 1. The molecule has 3 aromatic heterocycles. The van der Waals surface area contributed by atoms with Crippen molar-refractivity contribution in [2.75, 3.05) is 12.3 Å². The van der Waals surface area contributed by atoms with Gasteiger partial charge in [-0.15, -0.1) is 0 Å². The fraction of sp³-hybridized carbons (Fsp3) is 0.263. The first-order chi connectivity index (χ1) is 13.6. The first-order valence-electron chi connectivity index (χ1n) is 9.17. The van der Waals surface area contributed by atoms with Gasteiger partial charge in [-0.1, -0.05) is 18.2 Å². The van der Waals surface area contributed by atoms with Gasteiger partial charge in [-0.25, -0.2) is 4.98 Å². The standard InChI is InChI=1S/C19H19N7O2/c20-19-23-17-16(18(28)24-19)21-10-26(17)8-6-15(27)25-7-5-12-11-3-1-2-4-13(11)22-14(12)9-25/h1-4,10,22H,5-9H2,(H3,20,23,24,28). The first-order valence-corrected chi connectivity index (χ1v) is 9.17. The number of hydrogen-bond acceptors (Lipinski definition) is 5. The Morgan fingerprint density at radius 1 is 1.25 bits per heavy atom. The van der Waals surface area contributed by atoms with E-state index in [2.05, 4.69) is 32.1 Å². The SMILES string of the molecule is Nc1nc2c(ncn2CCC(=O)N2CCc3c([nH]c4ccccc34)C2)c(=O)[nH]1. The number of nitrogens with two attached hydrogens (primary N) is 1. The maximum atomic E-state index is 12.8. The third-order valence-electron chi connectivity index (χ3n) is 5.30. The van der Waals surface area contributed by atoms with Crippen LogP contribution in [0.4, 0.5) is 5.95 Å². The lowest BCUT2D eigenvalue weighted by Gasteiger charge is -2.27. The third-order valence-corrected chi connectivity index (χ3v) is 5.30. The fourth-order valence-corrected chi connectivity index (χ4v) is 3.91. The molecule has 4 N–H and O–H groups in total. The Balaban J connectivity index is 1.32. The summed E-state index contributed by atoms with van der Waals surface area (Å²) in [6.45, 7) is 1.67. The normalized spacial score (nSPS) is 13.9. The molecule has 0 radical (unpaired) electrons. The van der Waals surface area contributed by atoms with Gasteiger partial charge in [0.25, 0.3) is 5.56 Å². The molecule has 28 heavy (non-hydrogen) atoms. The van der Waals surface area contributed by atoms with E-state index in [0.29, 0.717) is 31.7 Å². The van der Waals surface area contributed by atoms with Gasteiger partial charge in [-0.05, 0) is 18.1 Å². The molecule has 0 aliphatic carbocycles. The molecule has 1 aromatic carbocycles. The van der Waals surface area contributed by atoms with Crippen molar-refractivity contribution in [3.63, 3.8) is 0 Å². The van der Waals surface area contributed by atoms with Crippen LogP contribution in [0.5, 0.6) is 0 Å². The summed E-state index contributed by atoms with van der Waals surface area (Å²) in [5, 5.41) is 1.24. The lowest BCUT2D eigenvalue weighted by molar-refractivity contribution is -0.132. The van der Waals surface area contributed by atoms with Gasteiger partial charge in [0.1, 0.15) is 0 Å². The van der Waals surface area contributed by atoms with Crippen LogP contribution in [0, 0.1) is 0 Å². The Hall–Kier alpha value is -3.62. The zero-order chi connectivity index (χ0) is 19.3. The number of rotatable bonds is 3.